The quantitative estimate of drug-likeness (QED) is 0.594. The largest absolute Gasteiger partial charge is 0.377 e. The molecule has 108 valence electrons. The average Bonchev–Trinajstić information content (AvgIpc) is 2.78. The summed E-state index contributed by atoms with van der Waals surface area (Å²) in [6.07, 6.45) is 1.78. The Morgan fingerprint density at radius 3 is 2.74 bits per heavy atom. The van der Waals surface area contributed by atoms with Crippen molar-refractivity contribution in [2.45, 2.75) is 32.9 Å². The van der Waals surface area contributed by atoms with Gasteiger partial charge in [0.2, 0.25) is 0 Å². The van der Waals surface area contributed by atoms with Gasteiger partial charge in [0, 0.05) is 33.4 Å². The molecule has 1 heterocycles. The van der Waals surface area contributed by atoms with Crippen LogP contribution in [-0.4, -0.2) is 41.5 Å². The highest BCUT2D eigenvalue weighted by molar-refractivity contribution is 5.79. The molecule has 1 rings (SSSR count). The molecule has 1 aromatic heterocycles. The molecule has 0 radical (unpaired) electrons. The second kappa shape index (κ2) is 7.13. The smallest absolute Gasteiger partial charge is 0.191 e. The minimum Gasteiger partial charge on any atom is -0.377 e. The topological polar surface area (TPSA) is 63.5 Å². The molecule has 0 saturated heterocycles. The van der Waals surface area contributed by atoms with Crippen molar-refractivity contribution in [2.24, 2.45) is 12.0 Å². The first-order chi connectivity index (χ1) is 8.98. The van der Waals surface area contributed by atoms with E-state index in [0.29, 0.717) is 13.1 Å². The zero-order valence-electron chi connectivity index (χ0n) is 12.5. The third-order valence-electron chi connectivity index (χ3n) is 2.90. The zero-order valence-corrected chi connectivity index (χ0v) is 12.5. The van der Waals surface area contributed by atoms with Crippen LogP contribution in [0.1, 0.15) is 26.5 Å². The molecule has 1 aromatic rings. The van der Waals surface area contributed by atoms with E-state index in [2.05, 4.69) is 20.7 Å². The van der Waals surface area contributed by atoms with Gasteiger partial charge in [0.25, 0.3) is 0 Å². The molecule has 0 saturated carbocycles. The van der Waals surface area contributed by atoms with Gasteiger partial charge in [-0.2, -0.15) is 5.10 Å². The van der Waals surface area contributed by atoms with E-state index in [4.69, 9.17) is 4.74 Å². The number of nitrogens with zero attached hydrogens (tertiary/aromatic N) is 3. The van der Waals surface area contributed by atoms with Gasteiger partial charge in [-0.15, -0.1) is 0 Å². The molecule has 0 aliphatic rings. The number of aliphatic imine (C=N–C) groups is 1. The summed E-state index contributed by atoms with van der Waals surface area (Å²) in [5, 5.41) is 10.6. The Kier molecular flexibility index (Phi) is 5.82. The van der Waals surface area contributed by atoms with E-state index in [9.17, 15) is 0 Å². The molecule has 0 bridgehead atoms. The molecule has 0 fully saturated rings. The van der Waals surface area contributed by atoms with Gasteiger partial charge in [-0.3, -0.25) is 4.68 Å². The van der Waals surface area contributed by atoms with Gasteiger partial charge in [-0.1, -0.05) is 0 Å². The molecule has 0 amide bonds. The predicted molar refractivity (Wildman–Crippen MR) is 77.1 cm³/mol. The molecule has 0 unspecified atom stereocenters. The fraction of sp³-hybridized carbons (Fsp3) is 0.692. The van der Waals surface area contributed by atoms with Crippen LogP contribution in [0.2, 0.25) is 0 Å². The monoisotopic (exact) mass is 267 g/mol. The van der Waals surface area contributed by atoms with E-state index < -0.39 is 0 Å². The number of nitrogens with one attached hydrogen (secondary N) is 2. The summed E-state index contributed by atoms with van der Waals surface area (Å²) in [6, 6.07) is 1.96. The third kappa shape index (κ3) is 5.30. The standard InChI is InChI=1S/C13H25N5O/c1-6-14-12(16-10-13(2,3)19-5)15-9-11-7-8-17-18(11)4/h7-8H,6,9-10H2,1-5H3,(H2,14,15,16). The van der Waals surface area contributed by atoms with Crippen molar-refractivity contribution >= 4 is 5.96 Å². The number of rotatable bonds is 6. The summed E-state index contributed by atoms with van der Waals surface area (Å²) in [5.41, 5.74) is 0.853. The number of methoxy groups -OCH3 is 1. The van der Waals surface area contributed by atoms with Crippen LogP contribution in [0.15, 0.2) is 17.3 Å². The first-order valence-electron chi connectivity index (χ1n) is 6.52. The molecular formula is C13H25N5O. The Balaban J connectivity index is 2.59. The molecule has 19 heavy (non-hydrogen) atoms. The van der Waals surface area contributed by atoms with Crippen LogP contribution in [0.3, 0.4) is 0 Å². The summed E-state index contributed by atoms with van der Waals surface area (Å²) in [4.78, 5) is 4.53. The minimum atomic E-state index is -0.220. The number of aryl methyl sites for hydroxylation is 1. The molecule has 0 aromatic carbocycles. The van der Waals surface area contributed by atoms with Crippen molar-refractivity contribution < 1.29 is 4.74 Å². The Bertz CT molecular complexity index is 411. The van der Waals surface area contributed by atoms with Crippen LogP contribution in [0.4, 0.5) is 0 Å². The SMILES string of the molecule is CCNC(=NCc1ccnn1C)NCC(C)(C)OC. The van der Waals surface area contributed by atoms with Gasteiger partial charge in [-0.25, -0.2) is 4.99 Å². The Morgan fingerprint density at radius 2 is 2.21 bits per heavy atom. The first kappa shape index (κ1) is 15.5. The minimum absolute atomic E-state index is 0.220. The summed E-state index contributed by atoms with van der Waals surface area (Å²) in [7, 11) is 3.63. The maximum Gasteiger partial charge on any atom is 0.191 e. The Hall–Kier alpha value is -1.56. The molecule has 0 aliphatic heterocycles. The van der Waals surface area contributed by atoms with Gasteiger partial charge in [0.1, 0.15) is 0 Å². The summed E-state index contributed by atoms with van der Waals surface area (Å²) in [6.45, 7) is 8.22. The lowest BCUT2D eigenvalue weighted by Crippen LogP contribution is -2.45. The van der Waals surface area contributed by atoms with E-state index in [1.54, 1.807) is 13.3 Å². The van der Waals surface area contributed by atoms with E-state index in [-0.39, 0.29) is 5.60 Å². The maximum absolute atomic E-state index is 5.38. The Morgan fingerprint density at radius 1 is 1.47 bits per heavy atom. The Labute approximate surface area is 115 Å². The zero-order chi connectivity index (χ0) is 14.3. The maximum atomic E-state index is 5.38. The van der Waals surface area contributed by atoms with Crippen molar-refractivity contribution in [3.05, 3.63) is 18.0 Å². The van der Waals surface area contributed by atoms with Gasteiger partial charge >= 0.3 is 0 Å². The molecular weight excluding hydrogens is 242 g/mol. The number of ether oxygens (including phenoxy) is 1. The van der Waals surface area contributed by atoms with Crippen molar-refractivity contribution in [2.75, 3.05) is 20.2 Å². The molecule has 6 nitrogen and oxygen atoms in total. The average molecular weight is 267 g/mol. The van der Waals surface area contributed by atoms with Crippen molar-refractivity contribution in [1.82, 2.24) is 20.4 Å². The molecule has 0 aliphatic carbocycles. The van der Waals surface area contributed by atoms with Crippen molar-refractivity contribution in [1.29, 1.82) is 0 Å². The number of guanidine groups is 1. The van der Waals surface area contributed by atoms with E-state index in [1.165, 1.54) is 0 Å². The van der Waals surface area contributed by atoms with Crippen molar-refractivity contribution in [3.8, 4) is 0 Å². The number of aromatic nitrogens is 2. The van der Waals surface area contributed by atoms with E-state index >= 15 is 0 Å². The number of hydrogen-bond donors (Lipinski definition) is 2. The fourth-order valence-electron chi connectivity index (χ4n) is 1.43. The summed E-state index contributed by atoms with van der Waals surface area (Å²) in [5.74, 6) is 0.786. The third-order valence-corrected chi connectivity index (χ3v) is 2.90. The lowest BCUT2D eigenvalue weighted by atomic mass is 10.1. The van der Waals surface area contributed by atoms with Crippen LogP contribution in [0.25, 0.3) is 0 Å². The van der Waals surface area contributed by atoms with Gasteiger partial charge in [0.15, 0.2) is 5.96 Å². The van der Waals surface area contributed by atoms with E-state index in [0.717, 1.165) is 18.2 Å². The molecule has 6 heteroatoms. The highest BCUT2D eigenvalue weighted by Crippen LogP contribution is 2.04. The summed E-state index contributed by atoms with van der Waals surface area (Å²) >= 11 is 0. The second-order valence-corrected chi connectivity index (χ2v) is 4.96. The molecule has 2 N–H and O–H groups in total. The molecule has 0 spiro atoms. The van der Waals surface area contributed by atoms with E-state index in [1.807, 2.05) is 38.6 Å². The lowest BCUT2D eigenvalue weighted by Gasteiger charge is -2.24. The second-order valence-electron chi connectivity index (χ2n) is 4.96. The lowest BCUT2D eigenvalue weighted by molar-refractivity contribution is 0.0268. The van der Waals surface area contributed by atoms with Gasteiger partial charge in [0.05, 0.1) is 17.8 Å². The highest BCUT2D eigenvalue weighted by atomic mass is 16.5. The normalized spacial score (nSPS) is 12.6. The van der Waals surface area contributed by atoms with Gasteiger partial charge in [-0.05, 0) is 26.8 Å². The fourth-order valence-corrected chi connectivity index (χ4v) is 1.43. The van der Waals surface area contributed by atoms with Crippen LogP contribution in [0.5, 0.6) is 0 Å². The number of hydrogen-bond acceptors (Lipinski definition) is 3. The van der Waals surface area contributed by atoms with Crippen LogP contribution < -0.4 is 10.6 Å². The predicted octanol–water partition coefficient (Wildman–Crippen LogP) is 0.900. The first-order valence-corrected chi connectivity index (χ1v) is 6.52. The van der Waals surface area contributed by atoms with Gasteiger partial charge < -0.3 is 15.4 Å². The highest BCUT2D eigenvalue weighted by Gasteiger charge is 2.16. The van der Waals surface area contributed by atoms with Crippen LogP contribution in [0, 0.1) is 0 Å². The molecule has 0 atom stereocenters. The van der Waals surface area contributed by atoms with Crippen molar-refractivity contribution in [3.63, 3.8) is 0 Å². The summed E-state index contributed by atoms with van der Waals surface area (Å²) < 4.78 is 7.20. The van der Waals surface area contributed by atoms with Crippen LogP contribution in [-0.2, 0) is 18.3 Å². The van der Waals surface area contributed by atoms with Crippen LogP contribution >= 0.6 is 0 Å².